The number of aromatic nitrogens is 2. The number of alkyl halides is 1. The third-order valence-corrected chi connectivity index (χ3v) is 4.97. The van der Waals surface area contributed by atoms with Crippen molar-refractivity contribution in [2.45, 2.75) is 10.6 Å². The Labute approximate surface area is 125 Å². The van der Waals surface area contributed by atoms with Gasteiger partial charge in [0.1, 0.15) is 5.82 Å². The van der Waals surface area contributed by atoms with E-state index in [4.69, 9.17) is 38.9 Å². The molecule has 0 saturated heterocycles. The van der Waals surface area contributed by atoms with Gasteiger partial charge in [0.15, 0.2) is 0 Å². The molecule has 0 spiro atoms. The van der Waals surface area contributed by atoms with E-state index in [0.29, 0.717) is 0 Å². The van der Waals surface area contributed by atoms with E-state index >= 15 is 0 Å². The van der Waals surface area contributed by atoms with Crippen LogP contribution >= 0.6 is 23.2 Å². The van der Waals surface area contributed by atoms with Crippen molar-refractivity contribution in [3.8, 4) is 5.88 Å². The minimum Gasteiger partial charge on any atom is -0.383 e. The lowest BCUT2D eigenvalue weighted by atomic mass is 10.2. The van der Waals surface area contributed by atoms with E-state index < -0.39 is 14.3 Å². The second-order valence-electron chi connectivity index (χ2n) is 3.96. The van der Waals surface area contributed by atoms with Crippen LogP contribution in [0.3, 0.4) is 0 Å². The molecule has 0 aromatic carbocycles. The first-order valence-corrected chi connectivity index (χ1v) is 7.45. The van der Waals surface area contributed by atoms with Crippen LogP contribution in [0, 0.1) is 0 Å². The zero-order valence-corrected chi connectivity index (χ0v) is 12.3. The molecule has 0 fully saturated rings. The van der Waals surface area contributed by atoms with Gasteiger partial charge in [0, 0.05) is 17.5 Å². The summed E-state index contributed by atoms with van der Waals surface area (Å²) in [5.41, 5.74) is 10.8. The molecule has 0 aliphatic heterocycles. The quantitative estimate of drug-likeness (QED) is 0.631. The van der Waals surface area contributed by atoms with Crippen LogP contribution in [0.25, 0.3) is 0 Å². The average Bonchev–Trinajstić information content (AvgIpc) is 2.25. The maximum atomic E-state index is 12.2. The summed E-state index contributed by atoms with van der Waals surface area (Å²) in [6, 6.07) is 1.12. The summed E-state index contributed by atoms with van der Waals surface area (Å²) in [6.07, 6.45) is 4.12. The Balaban J connectivity index is 2.32. The van der Waals surface area contributed by atoms with Crippen molar-refractivity contribution in [2.75, 3.05) is 11.5 Å². The highest BCUT2D eigenvalue weighted by Crippen LogP contribution is 2.37. The van der Waals surface area contributed by atoms with E-state index in [9.17, 15) is 8.42 Å². The van der Waals surface area contributed by atoms with Gasteiger partial charge in [-0.25, -0.2) is 0 Å². The minimum absolute atomic E-state index is 0.0246. The number of nitrogen functional groups attached to an aromatic ring is 2. The highest BCUT2D eigenvalue weighted by Gasteiger charge is 2.43. The number of rotatable bonds is 3. The SMILES string of the molecule is Nc1cc(OS(=O)(=O)C2(Cl)C=CC=C(Cl)C2)nc(N)n1. The van der Waals surface area contributed by atoms with Crippen LogP contribution < -0.4 is 15.7 Å². The van der Waals surface area contributed by atoms with Gasteiger partial charge in [-0.1, -0.05) is 29.3 Å². The molecule has 0 amide bonds. The molecular formula is C10H10Cl2N4O3S. The maximum Gasteiger partial charge on any atom is 0.334 e. The molecular weight excluding hydrogens is 327 g/mol. The third-order valence-electron chi connectivity index (χ3n) is 2.38. The van der Waals surface area contributed by atoms with E-state index in [1.807, 2.05) is 0 Å². The number of anilines is 2. The Kier molecular flexibility index (Phi) is 3.81. The zero-order chi connectivity index (χ0) is 15.0. The fourth-order valence-corrected chi connectivity index (χ4v) is 3.27. The summed E-state index contributed by atoms with van der Waals surface area (Å²) < 4.78 is 27.5. The molecule has 1 aliphatic rings. The van der Waals surface area contributed by atoms with Crippen LogP contribution in [-0.2, 0) is 10.1 Å². The Hall–Kier alpha value is -1.51. The minimum atomic E-state index is -4.25. The summed E-state index contributed by atoms with van der Waals surface area (Å²) in [5.74, 6) is -0.548. The summed E-state index contributed by atoms with van der Waals surface area (Å²) >= 11 is 11.9. The second kappa shape index (κ2) is 5.12. The van der Waals surface area contributed by atoms with Crippen LogP contribution in [0.4, 0.5) is 11.8 Å². The summed E-state index contributed by atoms with van der Waals surface area (Å²) in [6.45, 7) is 0. The van der Waals surface area contributed by atoms with E-state index in [-0.39, 0.29) is 29.1 Å². The number of hydrogen-bond acceptors (Lipinski definition) is 7. The zero-order valence-electron chi connectivity index (χ0n) is 9.95. The number of nitrogens with two attached hydrogens (primary N) is 2. The average molecular weight is 337 g/mol. The molecule has 1 atom stereocenters. The van der Waals surface area contributed by atoms with Gasteiger partial charge in [-0.15, -0.1) is 0 Å². The fourth-order valence-electron chi connectivity index (χ4n) is 1.50. The Bertz CT molecular complexity index is 684. The van der Waals surface area contributed by atoms with Gasteiger partial charge in [-0.3, -0.25) is 0 Å². The molecule has 0 saturated carbocycles. The lowest BCUT2D eigenvalue weighted by Crippen LogP contribution is -2.35. The largest absolute Gasteiger partial charge is 0.383 e. The first-order valence-electron chi connectivity index (χ1n) is 5.29. The van der Waals surface area contributed by atoms with Gasteiger partial charge in [-0.05, 0) is 12.2 Å². The van der Waals surface area contributed by atoms with Gasteiger partial charge < -0.3 is 15.7 Å². The highest BCUT2D eigenvalue weighted by molar-refractivity contribution is 7.90. The molecule has 1 aromatic heterocycles. The Morgan fingerprint density at radius 3 is 2.65 bits per heavy atom. The lowest BCUT2D eigenvalue weighted by molar-refractivity contribution is 0.462. The number of allylic oxidation sites excluding steroid dienone is 3. The molecule has 1 unspecified atom stereocenters. The Morgan fingerprint density at radius 2 is 2.05 bits per heavy atom. The standard InChI is InChI=1S/C10H10Cl2N4O3S/c11-6-2-1-3-10(12,5-6)20(17,18)19-8-4-7(13)15-9(14)16-8/h1-4H,5H2,(H4,13,14,15,16). The molecule has 1 heterocycles. The van der Waals surface area contributed by atoms with Crippen molar-refractivity contribution < 1.29 is 12.6 Å². The number of hydrogen-bond donors (Lipinski definition) is 2. The van der Waals surface area contributed by atoms with E-state index in [2.05, 4.69) is 9.97 Å². The number of nitrogens with zero attached hydrogens (tertiary/aromatic N) is 2. The molecule has 1 aliphatic carbocycles. The van der Waals surface area contributed by atoms with Gasteiger partial charge in [0.2, 0.25) is 16.0 Å². The van der Waals surface area contributed by atoms with E-state index in [1.54, 1.807) is 6.08 Å². The highest BCUT2D eigenvalue weighted by atomic mass is 35.5. The molecule has 108 valence electrons. The monoisotopic (exact) mass is 336 g/mol. The summed E-state index contributed by atoms with van der Waals surface area (Å²) in [5, 5.41) is 0.288. The molecule has 7 nitrogen and oxygen atoms in total. The van der Waals surface area contributed by atoms with Crippen molar-refractivity contribution in [2.24, 2.45) is 0 Å². The first kappa shape index (κ1) is 14.9. The summed E-state index contributed by atoms with van der Waals surface area (Å²) in [7, 11) is -4.25. The van der Waals surface area contributed by atoms with Crippen molar-refractivity contribution in [3.05, 3.63) is 29.3 Å². The van der Waals surface area contributed by atoms with Crippen LogP contribution in [0.1, 0.15) is 6.42 Å². The van der Waals surface area contributed by atoms with Crippen molar-refractivity contribution in [1.82, 2.24) is 9.97 Å². The van der Waals surface area contributed by atoms with E-state index in [1.165, 1.54) is 12.2 Å². The van der Waals surface area contributed by atoms with Crippen molar-refractivity contribution >= 4 is 45.1 Å². The molecule has 1 aromatic rings. The first-order chi connectivity index (χ1) is 9.22. The van der Waals surface area contributed by atoms with Crippen molar-refractivity contribution in [1.29, 1.82) is 0 Å². The second-order valence-corrected chi connectivity index (χ2v) is 7.15. The molecule has 0 radical (unpaired) electrons. The van der Waals surface area contributed by atoms with Crippen LogP contribution in [0.15, 0.2) is 29.3 Å². The van der Waals surface area contributed by atoms with Crippen LogP contribution in [0.2, 0.25) is 0 Å². The maximum absolute atomic E-state index is 12.2. The molecule has 4 N–H and O–H groups in total. The molecule has 2 rings (SSSR count). The fraction of sp³-hybridized carbons (Fsp3) is 0.200. The number of halogens is 2. The lowest BCUT2D eigenvalue weighted by Gasteiger charge is -2.24. The topological polar surface area (TPSA) is 121 Å². The van der Waals surface area contributed by atoms with Gasteiger partial charge in [-0.2, -0.15) is 18.4 Å². The summed E-state index contributed by atoms with van der Waals surface area (Å²) in [4.78, 5) is 7.22. The van der Waals surface area contributed by atoms with Gasteiger partial charge in [0.25, 0.3) is 0 Å². The normalized spacial score (nSPS) is 22.4. The smallest absolute Gasteiger partial charge is 0.334 e. The van der Waals surface area contributed by atoms with Gasteiger partial charge >= 0.3 is 10.1 Å². The van der Waals surface area contributed by atoms with Crippen molar-refractivity contribution in [3.63, 3.8) is 0 Å². The Morgan fingerprint density at radius 1 is 1.35 bits per heavy atom. The third kappa shape index (κ3) is 2.97. The molecule has 0 bridgehead atoms. The van der Waals surface area contributed by atoms with Gasteiger partial charge in [0.05, 0.1) is 0 Å². The van der Waals surface area contributed by atoms with Crippen LogP contribution in [0.5, 0.6) is 5.88 Å². The van der Waals surface area contributed by atoms with Crippen LogP contribution in [-0.4, -0.2) is 22.6 Å². The predicted molar refractivity (Wildman–Crippen MR) is 76.7 cm³/mol. The molecule has 20 heavy (non-hydrogen) atoms. The predicted octanol–water partition coefficient (Wildman–Crippen LogP) is 1.37. The van der Waals surface area contributed by atoms with E-state index in [0.717, 1.165) is 6.07 Å². The molecule has 10 heteroatoms.